The second kappa shape index (κ2) is 8.16. The van der Waals surface area contributed by atoms with Crippen LogP contribution in [0.4, 0.5) is 11.4 Å². The lowest BCUT2D eigenvalue weighted by Gasteiger charge is -2.17. The van der Waals surface area contributed by atoms with Crippen molar-refractivity contribution >= 4 is 66.0 Å². The van der Waals surface area contributed by atoms with Crippen LogP contribution in [0.3, 0.4) is 0 Å². The van der Waals surface area contributed by atoms with Crippen LogP contribution in [0, 0.1) is 13.8 Å². The zero-order valence-corrected chi connectivity index (χ0v) is 19.2. The van der Waals surface area contributed by atoms with Gasteiger partial charge < -0.3 is 0 Å². The highest BCUT2D eigenvalue weighted by atomic mass is 35.5. The van der Waals surface area contributed by atoms with Gasteiger partial charge in [-0.05, 0) is 48.6 Å². The standard InChI is InChI=1S/C18H16Cl2N2O4S3/c1-11-5-3-6-12(2)18(11)29(25,26)22-16-10-14(20)13(19)9-15(16)21-28(23,24)17-7-4-8-27-17/h3-10,21-22H,1-2H3. The summed E-state index contributed by atoms with van der Waals surface area (Å²) in [7, 11) is -7.95. The Morgan fingerprint density at radius 1 is 0.793 bits per heavy atom. The monoisotopic (exact) mass is 490 g/mol. The summed E-state index contributed by atoms with van der Waals surface area (Å²) in [5.41, 5.74) is 1.03. The Bertz CT molecular complexity index is 1250. The first-order chi connectivity index (χ1) is 13.5. The van der Waals surface area contributed by atoms with Gasteiger partial charge in [-0.3, -0.25) is 9.44 Å². The fraction of sp³-hybridized carbons (Fsp3) is 0.111. The summed E-state index contributed by atoms with van der Waals surface area (Å²) in [4.78, 5) is 0.109. The maximum absolute atomic E-state index is 13.0. The Balaban J connectivity index is 2.07. The maximum Gasteiger partial charge on any atom is 0.271 e. The van der Waals surface area contributed by atoms with Crippen LogP contribution >= 0.6 is 34.5 Å². The van der Waals surface area contributed by atoms with E-state index >= 15 is 0 Å². The molecule has 0 aliphatic carbocycles. The van der Waals surface area contributed by atoms with Crippen molar-refractivity contribution in [2.45, 2.75) is 23.0 Å². The third-order valence-electron chi connectivity index (χ3n) is 3.99. The van der Waals surface area contributed by atoms with Crippen LogP contribution in [0.2, 0.25) is 10.0 Å². The zero-order chi connectivity index (χ0) is 21.4. The maximum atomic E-state index is 13.0. The number of rotatable bonds is 6. The molecule has 0 atom stereocenters. The lowest BCUT2D eigenvalue weighted by Crippen LogP contribution is -2.18. The van der Waals surface area contributed by atoms with Gasteiger partial charge in [0.05, 0.1) is 26.3 Å². The predicted octanol–water partition coefficient (Wildman–Crippen LogP) is 5.27. The minimum Gasteiger partial charge on any atom is -0.277 e. The van der Waals surface area contributed by atoms with Crippen LogP contribution in [-0.2, 0) is 20.0 Å². The van der Waals surface area contributed by atoms with Gasteiger partial charge in [0.1, 0.15) is 4.21 Å². The van der Waals surface area contributed by atoms with Gasteiger partial charge in [-0.15, -0.1) is 11.3 Å². The summed E-state index contributed by atoms with van der Waals surface area (Å²) in [6, 6.07) is 10.7. The van der Waals surface area contributed by atoms with E-state index in [4.69, 9.17) is 23.2 Å². The molecule has 0 amide bonds. The van der Waals surface area contributed by atoms with E-state index in [9.17, 15) is 16.8 Å². The highest BCUT2D eigenvalue weighted by Crippen LogP contribution is 2.36. The van der Waals surface area contributed by atoms with E-state index in [-0.39, 0.29) is 30.5 Å². The average Bonchev–Trinajstić information content (AvgIpc) is 3.14. The molecule has 154 valence electrons. The van der Waals surface area contributed by atoms with Gasteiger partial charge in [0.25, 0.3) is 20.0 Å². The van der Waals surface area contributed by atoms with Gasteiger partial charge in [0, 0.05) is 0 Å². The molecule has 0 aliphatic rings. The number of hydrogen-bond donors (Lipinski definition) is 2. The molecule has 29 heavy (non-hydrogen) atoms. The van der Waals surface area contributed by atoms with E-state index in [1.165, 1.54) is 18.2 Å². The number of thiophene rings is 1. The first kappa shape index (κ1) is 21.9. The predicted molar refractivity (Wildman–Crippen MR) is 118 cm³/mol. The van der Waals surface area contributed by atoms with E-state index in [2.05, 4.69) is 9.44 Å². The molecule has 2 N–H and O–H groups in total. The topological polar surface area (TPSA) is 92.3 Å². The minimum absolute atomic E-state index is 0.0392. The Morgan fingerprint density at radius 2 is 1.31 bits per heavy atom. The minimum atomic E-state index is -4.02. The van der Waals surface area contributed by atoms with Crippen LogP contribution in [0.15, 0.2) is 56.9 Å². The smallest absolute Gasteiger partial charge is 0.271 e. The van der Waals surface area contributed by atoms with E-state index in [0.717, 1.165) is 11.3 Å². The second-order valence-corrected chi connectivity index (χ2v) is 11.5. The Morgan fingerprint density at radius 3 is 1.79 bits per heavy atom. The van der Waals surface area contributed by atoms with E-state index in [1.54, 1.807) is 43.5 Å². The van der Waals surface area contributed by atoms with Gasteiger partial charge in [0.2, 0.25) is 0 Å². The van der Waals surface area contributed by atoms with Gasteiger partial charge in [-0.1, -0.05) is 47.5 Å². The van der Waals surface area contributed by atoms with Crippen molar-refractivity contribution in [2.75, 3.05) is 9.44 Å². The largest absolute Gasteiger partial charge is 0.277 e. The van der Waals surface area contributed by atoms with Crippen molar-refractivity contribution in [1.82, 2.24) is 0 Å². The first-order valence-electron chi connectivity index (χ1n) is 8.16. The second-order valence-electron chi connectivity index (χ2n) is 6.18. The van der Waals surface area contributed by atoms with Crippen LogP contribution in [0.25, 0.3) is 0 Å². The zero-order valence-electron chi connectivity index (χ0n) is 15.2. The van der Waals surface area contributed by atoms with Crippen LogP contribution < -0.4 is 9.44 Å². The lowest BCUT2D eigenvalue weighted by atomic mass is 10.2. The molecule has 2 aromatic carbocycles. The van der Waals surface area contributed by atoms with Crippen molar-refractivity contribution in [3.05, 3.63) is 69.0 Å². The molecule has 0 saturated carbocycles. The number of nitrogens with one attached hydrogen (secondary N) is 2. The molecule has 11 heteroatoms. The number of hydrogen-bond acceptors (Lipinski definition) is 5. The third kappa shape index (κ3) is 4.70. The Kier molecular flexibility index (Phi) is 6.16. The van der Waals surface area contributed by atoms with Crippen LogP contribution in [0.1, 0.15) is 11.1 Å². The number of halogens is 2. The summed E-state index contributed by atoms with van der Waals surface area (Å²) in [6.07, 6.45) is 0. The SMILES string of the molecule is Cc1cccc(C)c1S(=O)(=O)Nc1cc(Cl)c(Cl)cc1NS(=O)(=O)c1cccs1. The molecule has 0 saturated heterocycles. The Hall–Kier alpha value is -1.78. The average molecular weight is 491 g/mol. The van der Waals surface area contributed by atoms with Gasteiger partial charge >= 0.3 is 0 Å². The van der Waals surface area contributed by atoms with Crippen molar-refractivity contribution in [3.8, 4) is 0 Å². The van der Waals surface area contributed by atoms with Gasteiger partial charge in [-0.2, -0.15) is 0 Å². The van der Waals surface area contributed by atoms with Gasteiger partial charge in [-0.25, -0.2) is 16.8 Å². The molecule has 0 aliphatic heterocycles. The molecule has 0 radical (unpaired) electrons. The summed E-state index contributed by atoms with van der Waals surface area (Å²) < 4.78 is 56.1. The quantitative estimate of drug-likeness (QED) is 0.491. The normalized spacial score (nSPS) is 12.0. The molecule has 0 unspecified atom stereocenters. The summed E-state index contributed by atoms with van der Waals surface area (Å²) in [6.45, 7) is 3.35. The van der Waals surface area contributed by atoms with Crippen LogP contribution in [-0.4, -0.2) is 16.8 Å². The molecule has 1 aromatic heterocycles. The molecular formula is C18H16Cl2N2O4S3. The van der Waals surface area contributed by atoms with E-state index in [1.807, 2.05) is 0 Å². The van der Waals surface area contributed by atoms with Crippen molar-refractivity contribution < 1.29 is 16.8 Å². The lowest BCUT2D eigenvalue weighted by molar-refractivity contribution is 0.598. The molecule has 0 bridgehead atoms. The van der Waals surface area contributed by atoms with E-state index < -0.39 is 20.0 Å². The number of benzene rings is 2. The van der Waals surface area contributed by atoms with Crippen LogP contribution in [0.5, 0.6) is 0 Å². The van der Waals surface area contributed by atoms with Gasteiger partial charge in [0.15, 0.2) is 0 Å². The fourth-order valence-electron chi connectivity index (χ4n) is 2.75. The summed E-state index contributed by atoms with van der Waals surface area (Å²) >= 11 is 13.1. The summed E-state index contributed by atoms with van der Waals surface area (Å²) in [5.74, 6) is 0. The number of anilines is 2. The molecule has 3 rings (SSSR count). The van der Waals surface area contributed by atoms with Crippen molar-refractivity contribution in [2.24, 2.45) is 0 Å². The third-order valence-corrected chi connectivity index (χ3v) is 9.14. The molecule has 6 nitrogen and oxygen atoms in total. The molecule has 0 fully saturated rings. The highest BCUT2D eigenvalue weighted by molar-refractivity contribution is 7.94. The first-order valence-corrected chi connectivity index (χ1v) is 12.8. The highest BCUT2D eigenvalue weighted by Gasteiger charge is 2.24. The number of aryl methyl sites for hydroxylation is 2. The summed E-state index contributed by atoms with van der Waals surface area (Å²) in [5, 5.41) is 1.77. The van der Waals surface area contributed by atoms with Crippen molar-refractivity contribution in [1.29, 1.82) is 0 Å². The van der Waals surface area contributed by atoms with E-state index in [0.29, 0.717) is 11.1 Å². The van der Waals surface area contributed by atoms with Crippen molar-refractivity contribution in [3.63, 3.8) is 0 Å². The molecular weight excluding hydrogens is 475 g/mol. The fourth-order valence-corrected chi connectivity index (χ4v) is 6.68. The molecule has 1 heterocycles. The number of sulfonamides is 2. The Labute approximate surface area is 183 Å². The molecule has 3 aromatic rings. The molecule has 0 spiro atoms.